The number of hydrogen-bond acceptors (Lipinski definition) is 3. The van der Waals surface area contributed by atoms with Crippen molar-refractivity contribution in [3.8, 4) is 0 Å². The lowest BCUT2D eigenvalue weighted by Crippen LogP contribution is -2.24. The number of alkyl halides is 3. The van der Waals surface area contributed by atoms with E-state index in [1.54, 1.807) is 0 Å². The average Bonchev–Trinajstić information content (AvgIpc) is 2.89. The second-order valence-corrected chi connectivity index (χ2v) is 3.71. The molecule has 0 atom stereocenters. The Balaban J connectivity index is 1.95. The van der Waals surface area contributed by atoms with Gasteiger partial charge in [-0.25, -0.2) is 4.98 Å². The van der Waals surface area contributed by atoms with E-state index in [0.717, 1.165) is 12.1 Å². The molecule has 8 heteroatoms. The van der Waals surface area contributed by atoms with Crippen LogP contribution in [-0.2, 0) is 12.7 Å². The van der Waals surface area contributed by atoms with Gasteiger partial charge in [0.15, 0.2) is 0 Å². The van der Waals surface area contributed by atoms with E-state index in [9.17, 15) is 18.0 Å². The molecule has 2 aromatic rings. The Morgan fingerprint density at radius 3 is 2.47 bits per heavy atom. The summed E-state index contributed by atoms with van der Waals surface area (Å²) in [7, 11) is 0. The highest BCUT2D eigenvalue weighted by Gasteiger charge is 2.29. The molecule has 0 aliphatic carbocycles. The topological polar surface area (TPSA) is 70.7 Å². The Bertz CT molecular complexity index is 548. The van der Waals surface area contributed by atoms with Gasteiger partial charge in [-0.2, -0.15) is 18.3 Å². The highest BCUT2D eigenvalue weighted by Crippen LogP contribution is 2.28. The van der Waals surface area contributed by atoms with Crippen molar-refractivity contribution in [2.75, 3.05) is 0 Å². The standard InChI is InChI=1S/C11H9F3N4O/c12-11(13,14)8-3-1-7(2-4-8)5-15-10(19)9-16-6-17-18-9/h1-4,6H,5H2,(H,15,19)(H,16,17,18). The molecule has 19 heavy (non-hydrogen) atoms. The second-order valence-electron chi connectivity index (χ2n) is 3.71. The van der Waals surface area contributed by atoms with Crippen LogP contribution < -0.4 is 5.32 Å². The summed E-state index contributed by atoms with van der Waals surface area (Å²) in [6, 6.07) is 4.55. The van der Waals surface area contributed by atoms with Crippen LogP contribution in [0.15, 0.2) is 30.6 Å². The van der Waals surface area contributed by atoms with Crippen LogP contribution in [0.3, 0.4) is 0 Å². The normalized spacial score (nSPS) is 11.3. The van der Waals surface area contributed by atoms with E-state index < -0.39 is 17.6 Å². The number of carbonyl (C=O) groups is 1. The molecule has 1 heterocycles. The van der Waals surface area contributed by atoms with Crippen molar-refractivity contribution >= 4 is 5.91 Å². The third-order valence-electron chi connectivity index (χ3n) is 2.36. The van der Waals surface area contributed by atoms with Gasteiger partial charge in [-0.15, -0.1) is 0 Å². The summed E-state index contributed by atoms with van der Waals surface area (Å²) in [5, 5.41) is 8.40. The summed E-state index contributed by atoms with van der Waals surface area (Å²) in [4.78, 5) is 15.1. The lowest BCUT2D eigenvalue weighted by molar-refractivity contribution is -0.137. The van der Waals surface area contributed by atoms with Crippen molar-refractivity contribution in [3.05, 3.63) is 47.5 Å². The molecule has 0 unspecified atom stereocenters. The molecule has 1 aromatic carbocycles. The minimum Gasteiger partial charge on any atom is -0.345 e. The number of nitrogens with zero attached hydrogens (tertiary/aromatic N) is 2. The first kappa shape index (κ1) is 13.1. The zero-order chi connectivity index (χ0) is 13.9. The minimum atomic E-state index is -4.36. The quantitative estimate of drug-likeness (QED) is 0.892. The van der Waals surface area contributed by atoms with E-state index in [1.807, 2.05) is 0 Å². The van der Waals surface area contributed by atoms with Crippen LogP contribution in [0.25, 0.3) is 0 Å². The van der Waals surface area contributed by atoms with Gasteiger partial charge in [0.1, 0.15) is 6.33 Å². The number of hydrogen-bond donors (Lipinski definition) is 2. The van der Waals surface area contributed by atoms with Gasteiger partial charge in [0, 0.05) is 6.54 Å². The Hall–Kier alpha value is -2.38. The lowest BCUT2D eigenvalue weighted by Gasteiger charge is -2.08. The van der Waals surface area contributed by atoms with Crippen molar-refractivity contribution in [2.45, 2.75) is 12.7 Å². The summed E-state index contributed by atoms with van der Waals surface area (Å²) in [5.74, 6) is -0.427. The molecular weight excluding hydrogens is 261 g/mol. The summed E-state index contributed by atoms with van der Waals surface area (Å²) >= 11 is 0. The molecule has 0 aliphatic heterocycles. The highest BCUT2D eigenvalue weighted by atomic mass is 19.4. The van der Waals surface area contributed by atoms with Crippen molar-refractivity contribution in [2.24, 2.45) is 0 Å². The van der Waals surface area contributed by atoms with E-state index in [2.05, 4.69) is 20.5 Å². The predicted octanol–water partition coefficient (Wildman–Crippen LogP) is 1.75. The molecule has 100 valence electrons. The number of amides is 1. The van der Waals surface area contributed by atoms with E-state index in [0.29, 0.717) is 5.56 Å². The number of aromatic nitrogens is 3. The summed E-state index contributed by atoms with van der Waals surface area (Å²) in [5.41, 5.74) is -0.168. The highest BCUT2D eigenvalue weighted by molar-refractivity contribution is 5.90. The van der Waals surface area contributed by atoms with Crippen LogP contribution in [0, 0.1) is 0 Å². The molecule has 0 saturated heterocycles. The van der Waals surface area contributed by atoms with Crippen molar-refractivity contribution in [1.29, 1.82) is 0 Å². The summed E-state index contributed by atoms with van der Waals surface area (Å²) in [6.45, 7) is 0.109. The van der Waals surface area contributed by atoms with Crippen LogP contribution >= 0.6 is 0 Å². The van der Waals surface area contributed by atoms with Crippen molar-refractivity contribution in [3.63, 3.8) is 0 Å². The van der Waals surface area contributed by atoms with Gasteiger partial charge in [-0.3, -0.25) is 9.89 Å². The number of aromatic amines is 1. The Kier molecular flexibility index (Phi) is 3.50. The number of H-pyrrole nitrogens is 1. The zero-order valence-electron chi connectivity index (χ0n) is 9.53. The van der Waals surface area contributed by atoms with Crippen molar-refractivity contribution < 1.29 is 18.0 Å². The van der Waals surface area contributed by atoms with Gasteiger partial charge < -0.3 is 5.32 Å². The minimum absolute atomic E-state index is 0.0481. The molecule has 0 aliphatic rings. The maximum absolute atomic E-state index is 12.3. The lowest BCUT2D eigenvalue weighted by atomic mass is 10.1. The Morgan fingerprint density at radius 1 is 1.26 bits per heavy atom. The molecule has 0 saturated carbocycles. The fraction of sp³-hybridized carbons (Fsp3) is 0.182. The molecule has 2 rings (SSSR count). The van der Waals surface area contributed by atoms with Crippen molar-refractivity contribution in [1.82, 2.24) is 20.5 Å². The Morgan fingerprint density at radius 2 is 1.95 bits per heavy atom. The summed E-state index contributed by atoms with van der Waals surface area (Å²) in [6.07, 6.45) is -3.17. The van der Waals surface area contributed by atoms with Crippen LogP contribution in [0.2, 0.25) is 0 Å². The van der Waals surface area contributed by atoms with Gasteiger partial charge in [0.2, 0.25) is 5.82 Å². The van der Waals surface area contributed by atoms with E-state index in [4.69, 9.17) is 0 Å². The Labute approximate surface area is 105 Å². The number of nitrogens with one attached hydrogen (secondary N) is 2. The smallest absolute Gasteiger partial charge is 0.345 e. The molecule has 0 fully saturated rings. The largest absolute Gasteiger partial charge is 0.416 e. The molecule has 1 aromatic heterocycles. The number of carbonyl (C=O) groups excluding carboxylic acids is 1. The summed E-state index contributed by atoms with van der Waals surface area (Å²) < 4.78 is 37.0. The monoisotopic (exact) mass is 270 g/mol. The third-order valence-corrected chi connectivity index (χ3v) is 2.36. The molecular formula is C11H9F3N4O. The first-order chi connectivity index (χ1) is 8.97. The van der Waals surface area contributed by atoms with Gasteiger partial charge in [-0.05, 0) is 17.7 Å². The van der Waals surface area contributed by atoms with Gasteiger partial charge in [-0.1, -0.05) is 12.1 Å². The number of rotatable bonds is 3. The SMILES string of the molecule is O=C(NCc1ccc(C(F)(F)F)cc1)c1ncn[nH]1. The molecule has 0 spiro atoms. The van der Waals surface area contributed by atoms with Crippen LogP contribution in [0.4, 0.5) is 13.2 Å². The van der Waals surface area contributed by atoms with E-state index in [1.165, 1.54) is 18.5 Å². The van der Waals surface area contributed by atoms with Crippen LogP contribution in [-0.4, -0.2) is 21.1 Å². The van der Waals surface area contributed by atoms with Crippen LogP contribution in [0.1, 0.15) is 21.7 Å². The molecule has 0 radical (unpaired) electrons. The molecule has 5 nitrogen and oxygen atoms in total. The first-order valence-corrected chi connectivity index (χ1v) is 5.26. The fourth-order valence-corrected chi connectivity index (χ4v) is 1.39. The van der Waals surface area contributed by atoms with Gasteiger partial charge in [0.25, 0.3) is 5.91 Å². The third kappa shape index (κ3) is 3.30. The van der Waals surface area contributed by atoms with Crippen LogP contribution in [0.5, 0.6) is 0 Å². The fourth-order valence-electron chi connectivity index (χ4n) is 1.39. The molecule has 2 N–H and O–H groups in total. The maximum atomic E-state index is 12.3. The number of halogens is 3. The average molecular weight is 270 g/mol. The maximum Gasteiger partial charge on any atom is 0.416 e. The molecule has 1 amide bonds. The van der Waals surface area contributed by atoms with Gasteiger partial charge in [0.05, 0.1) is 5.56 Å². The van der Waals surface area contributed by atoms with E-state index in [-0.39, 0.29) is 12.4 Å². The molecule has 0 bridgehead atoms. The predicted molar refractivity (Wildman–Crippen MR) is 59.0 cm³/mol. The first-order valence-electron chi connectivity index (χ1n) is 5.26. The second kappa shape index (κ2) is 5.09. The van der Waals surface area contributed by atoms with E-state index >= 15 is 0 Å². The number of benzene rings is 1. The van der Waals surface area contributed by atoms with Gasteiger partial charge >= 0.3 is 6.18 Å². The zero-order valence-corrected chi connectivity index (χ0v) is 9.53.